The predicted molar refractivity (Wildman–Crippen MR) is 55.8 cm³/mol. The second-order valence-corrected chi connectivity index (χ2v) is 5.69. The van der Waals surface area contributed by atoms with Crippen LogP contribution in [0.4, 0.5) is 0 Å². The van der Waals surface area contributed by atoms with Gasteiger partial charge in [-0.2, -0.15) is 0 Å². The molecule has 3 aliphatic rings. The largest absolute Gasteiger partial charge is 0.474 e. The maximum absolute atomic E-state index is 12.2. The van der Waals surface area contributed by atoms with E-state index < -0.39 is 13.2 Å². The molecule has 7 heteroatoms. The normalized spacial score (nSPS) is 37.4. The highest BCUT2D eigenvalue weighted by molar-refractivity contribution is 7.48. The molecule has 3 heterocycles. The first-order chi connectivity index (χ1) is 7.55. The van der Waals surface area contributed by atoms with Crippen molar-refractivity contribution in [3.05, 3.63) is 0 Å². The van der Waals surface area contributed by atoms with E-state index in [1.165, 1.54) is 0 Å². The molecule has 0 spiro atoms. The van der Waals surface area contributed by atoms with Gasteiger partial charge in [0.2, 0.25) is 5.91 Å². The monoisotopic (exact) mass is 249 g/mol. The van der Waals surface area contributed by atoms with Gasteiger partial charge in [-0.15, -0.1) is 0 Å². The number of phosphoric acid groups is 1. The van der Waals surface area contributed by atoms with Crippen LogP contribution in [0.15, 0.2) is 0 Å². The molecule has 0 aromatic carbocycles. The average Bonchev–Trinajstić information content (AvgIpc) is 2.32. The number of nitrogens with zero attached hydrogens (tertiary/aromatic N) is 1. The minimum absolute atomic E-state index is 0.0524. The maximum Gasteiger partial charge on any atom is 0.474 e. The van der Waals surface area contributed by atoms with E-state index in [1.54, 1.807) is 4.90 Å². The van der Waals surface area contributed by atoms with Gasteiger partial charge in [-0.3, -0.25) is 18.4 Å². The lowest BCUT2D eigenvalue weighted by Crippen LogP contribution is -2.55. The summed E-state index contributed by atoms with van der Waals surface area (Å²) in [5.74, 6) is -0.0524. The molecule has 3 rings (SSSR count). The minimum Gasteiger partial charge on any atom is -0.343 e. The molecule has 16 heavy (non-hydrogen) atoms. The molecule has 0 aromatic rings. The van der Waals surface area contributed by atoms with Gasteiger partial charge in [0.1, 0.15) is 5.41 Å². The van der Waals surface area contributed by atoms with Crippen LogP contribution >= 0.6 is 7.82 Å². The fraction of sp³-hybridized carbons (Fsp3) is 0.889. The van der Waals surface area contributed by atoms with E-state index in [2.05, 4.69) is 0 Å². The predicted octanol–water partition coefficient (Wildman–Crippen LogP) is 1.03. The molecule has 3 fully saturated rings. The number of hydrogen-bond donors (Lipinski definition) is 0. The van der Waals surface area contributed by atoms with Crippen molar-refractivity contribution < 1.29 is 22.9 Å². The standard InChI is InChI=1S/C9H16NO5P/c1-3-10(4-2)8(11)9-5-13-16(12,14-6-9)15-7-9/h3-7H2,1-2H3. The van der Waals surface area contributed by atoms with Gasteiger partial charge in [-0.25, -0.2) is 4.57 Å². The summed E-state index contributed by atoms with van der Waals surface area (Å²) >= 11 is 0. The molecular formula is C9H16NO5P. The third-order valence-electron chi connectivity index (χ3n) is 3.00. The quantitative estimate of drug-likeness (QED) is 0.699. The maximum atomic E-state index is 12.2. The first-order valence-electron chi connectivity index (χ1n) is 5.38. The van der Waals surface area contributed by atoms with Crippen molar-refractivity contribution in [1.82, 2.24) is 4.90 Å². The second-order valence-electron chi connectivity index (χ2n) is 4.03. The topological polar surface area (TPSA) is 65.1 Å². The van der Waals surface area contributed by atoms with E-state index in [0.717, 1.165) is 0 Å². The van der Waals surface area contributed by atoms with Gasteiger partial charge >= 0.3 is 7.82 Å². The number of carbonyl (C=O) groups is 1. The Hall–Kier alpha value is -0.420. The van der Waals surface area contributed by atoms with Gasteiger partial charge in [0.15, 0.2) is 0 Å². The van der Waals surface area contributed by atoms with Crippen LogP contribution in [-0.4, -0.2) is 43.7 Å². The third kappa shape index (κ3) is 1.80. The van der Waals surface area contributed by atoms with E-state index in [0.29, 0.717) is 13.1 Å². The Balaban J connectivity index is 2.15. The van der Waals surface area contributed by atoms with Gasteiger partial charge in [-0.05, 0) is 13.8 Å². The van der Waals surface area contributed by atoms with Crippen LogP contribution in [0.3, 0.4) is 0 Å². The highest BCUT2D eigenvalue weighted by Gasteiger charge is 2.55. The molecule has 92 valence electrons. The molecule has 0 aromatic heterocycles. The minimum atomic E-state index is -3.33. The number of hydrogen-bond acceptors (Lipinski definition) is 5. The second kappa shape index (κ2) is 4.11. The summed E-state index contributed by atoms with van der Waals surface area (Å²) in [7, 11) is -3.33. The van der Waals surface area contributed by atoms with Crippen molar-refractivity contribution in [2.24, 2.45) is 5.41 Å². The lowest BCUT2D eigenvalue weighted by Gasteiger charge is -2.44. The van der Waals surface area contributed by atoms with Crippen molar-refractivity contribution in [3.8, 4) is 0 Å². The first kappa shape index (κ1) is 12.0. The smallest absolute Gasteiger partial charge is 0.343 e. The highest BCUT2D eigenvalue weighted by atomic mass is 31.2. The van der Waals surface area contributed by atoms with E-state index in [-0.39, 0.29) is 25.7 Å². The van der Waals surface area contributed by atoms with Crippen molar-refractivity contribution in [1.29, 1.82) is 0 Å². The van der Waals surface area contributed by atoms with E-state index in [4.69, 9.17) is 13.6 Å². The molecular weight excluding hydrogens is 233 g/mol. The first-order valence-corrected chi connectivity index (χ1v) is 6.84. The van der Waals surface area contributed by atoms with Crippen LogP contribution in [0.25, 0.3) is 0 Å². The number of rotatable bonds is 3. The summed E-state index contributed by atoms with van der Waals surface area (Å²) < 4.78 is 26.5. The Kier molecular flexibility index (Phi) is 3.09. The van der Waals surface area contributed by atoms with Gasteiger partial charge in [-0.1, -0.05) is 0 Å². The number of phosphoric ester groups is 1. The molecule has 0 saturated carbocycles. The van der Waals surface area contributed by atoms with Crippen LogP contribution in [0.1, 0.15) is 13.8 Å². The molecule has 0 N–H and O–H groups in total. The van der Waals surface area contributed by atoms with Crippen molar-refractivity contribution >= 4 is 13.7 Å². The Morgan fingerprint density at radius 1 is 1.19 bits per heavy atom. The number of carbonyl (C=O) groups excluding carboxylic acids is 1. The highest BCUT2D eigenvalue weighted by Crippen LogP contribution is 2.60. The van der Waals surface area contributed by atoms with Crippen molar-refractivity contribution in [2.75, 3.05) is 32.9 Å². The molecule has 0 aliphatic carbocycles. The van der Waals surface area contributed by atoms with Gasteiger partial charge in [0, 0.05) is 13.1 Å². The van der Waals surface area contributed by atoms with Crippen molar-refractivity contribution in [3.63, 3.8) is 0 Å². The van der Waals surface area contributed by atoms with Gasteiger partial charge in [0.05, 0.1) is 19.8 Å². The fourth-order valence-corrected chi connectivity index (χ4v) is 3.32. The zero-order valence-electron chi connectivity index (χ0n) is 9.47. The summed E-state index contributed by atoms with van der Waals surface area (Å²) in [5, 5.41) is 0. The summed E-state index contributed by atoms with van der Waals surface area (Å²) in [4.78, 5) is 13.9. The summed E-state index contributed by atoms with van der Waals surface area (Å²) in [6.07, 6.45) is 0. The lowest BCUT2D eigenvalue weighted by molar-refractivity contribution is -0.162. The molecule has 1 amide bonds. The molecule has 0 atom stereocenters. The van der Waals surface area contributed by atoms with Crippen LogP contribution in [0.2, 0.25) is 0 Å². The molecule has 2 bridgehead atoms. The average molecular weight is 249 g/mol. The molecule has 6 nitrogen and oxygen atoms in total. The summed E-state index contributed by atoms with van der Waals surface area (Å²) in [5.41, 5.74) is -0.807. The van der Waals surface area contributed by atoms with Gasteiger partial charge < -0.3 is 4.90 Å². The fourth-order valence-electron chi connectivity index (χ4n) is 1.88. The third-order valence-corrected chi connectivity index (χ3v) is 4.34. The van der Waals surface area contributed by atoms with Crippen LogP contribution < -0.4 is 0 Å². The van der Waals surface area contributed by atoms with Crippen LogP contribution in [0, 0.1) is 5.41 Å². The molecule has 0 radical (unpaired) electrons. The zero-order valence-corrected chi connectivity index (χ0v) is 10.4. The van der Waals surface area contributed by atoms with Gasteiger partial charge in [0.25, 0.3) is 0 Å². The van der Waals surface area contributed by atoms with Crippen molar-refractivity contribution in [2.45, 2.75) is 13.8 Å². The Bertz CT molecular complexity index is 310. The summed E-state index contributed by atoms with van der Waals surface area (Å²) in [6.45, 7) is 5.47. The number of amides is 1. The van der Waals surface area contributed by atoms with Crippen LogP contribution in [-0.2, 0) is 22.9 Å². The summed E-state index contributed by atoms with van der Waals surface area (Å²) in [6, 6.07) is 0. The lowest BCUT2D eigenvalue weighted by atomic mass is 9.89. The Labute approximate surface area is 94.5 Å². The molecule has 0 unspecified atom stereocenters. The Morgan fingerprint density at radius 2 is 1.62 bits per heavy atom. The van der Waals surface area contributed by atoms with E-state index in [1.807, 2.05) is 13.8 Å². The Morgan fingerprint density at radius 3 is 2.00 bits per heavy atom. The van der Waals surface area contributed by atoms with E-state index >= 15 is 0 Å². The molecule has 3 saturated heterocycles. The van der Waals surface area contributed by atoms with Crippen LogP contribution in [0.5, 0.6) is 0 Å². The zero-order chi connectivity index (χ0) is 11.8. The SMILES string of the molecule is CCN(CC)C(=O)C12COP(=O)(OC1)OC2. The molecule has 3 aliphatic heterocycles. The number of fused-ring (bicyclic) bond motifs is 3. The van der Waals surface area contributed by atoms with E-state index in [9.17, 15) is 9.36 Å².